The van der Waals surface area contributed by atoms with Gasteiger partial charge in [0.2, 0.25) is 5.91 Å². The van der Waals surface area contributed by atoms with Crippen molar-refractivity contribution in [1.82, 2.24) is 15.3 Å². The van der Waals surface area contributed by atoms with Gasteiger partial charge in [0.25, 0.3) is 0 Å². The summed E-state index contributed by atoms with van der Waals surface area (Å²) in [5.74, 6) is 1.47. The lowest BCUT2D eigenvalue weighted by molar-refractivity contribution is -0.118. The van der Waals surface area contributed by atoms with Crippen LogP contribution in [0.4, 0.5) is 5.82 Å². The normalized spacial score (nSPS) is 10.2. The number of carbonyl (C=O) groups excluding carboxylic acids is 1. The van der Waals surface area contributed by atoms with E-state index < -0.39 is 0 Å². The van der Waals surface area contributed by atoms with E-state index in [-0.39, 0.29) is 5.91 Å². The summed E-state index contributed by atoms with van der Waals surface area (Å²) in [7, 11) is 1.62. The summed E-state index contributed by atoms with van der Waals surface area (Å²) in [6, 6.07) is 5.63. The van der Waals surface area contributed by atoms with Gasteiger partial charge in [-0.15, -0.1) is 0 Å². The van der Waals surface area contributed by atoms with Gasteiger partial charge >= 0.3 is 0 Å². The van der Waals surface area contributed by atoms with Crippen molar-refractivity contribution in [2.24, 2.45) is 0 Å². The molecular weight excluding hydrogens is 244 g/mol. The van der Waals surface area contributed by atoms with Gasteiger partial charge in [-0.2, -0.15) is 0 Å². The van der Waals surface area contributed by atoms with Crippen LogP contribution in [0.5, 0.6) is 5.75 Å². The van der Waals surface area contributed by atoms with Crippen molar-refractivity contribution in [2.75, 3.05) is 25.5 Å². The molecule has 1 aromatic carbocycles. The first-order chi connectivity index (χ1) is 9.20. The van der Waals surface area contributed by atoms with Crippen molar-refractivity contribution >= 4 is 22.6 Å². The van der Waals surface area contributed by atoms with Crippen LogP contribution in [-0.4, -0.2) is 36.1 Å². The molecule has 6 heteroatoms. The van der Waals surface area contributed by atoms with E-state index in [0.29, 0.717) is 13.1 Å². The number of rotatable bonds is 5. The molecule has 100 valence electrons. The van der Waals surface area contributed by atoms with Gasteiger partial charge in [0, 0.05) is 31.5 Å². The molecule has 0 aliphatic heterocycles. The molecule has 2 aromatic rings. The third-order valence-electron chi connectivity index (χ3n) is 2.64. The van der Waals surface area contributed by atoms with Crippen LogP contribution in [0.25, 0.3) is 10.9 Å². The molecule has 2 N–H and O–H groups in total. The first kappa shape index (κ1) is 13.1. The van der Waals surface area contributed by atoms with Gasteiger partial charge in [0.1, 0.15) is 17.9 Å². The zero-order valence-corrected chi connectivity index (χ0v) is 10.9. The summed E-state index contributed by atoms with van der Waals surface area (Å²) in [5, 5.41) is 6.81. The number of carbonyl (C=O) groups is 1. The molecule has 19 heavy (non-hydrogen) atoms. The lowest BCUT2D eigenvalue weighted by atomic mass is 10.2. The van der Waals surface area contributed by atoms with Crippen LogP contribution in [0.15, 0.2) is 24.5 Å². The molecule has 0 radical (unpaired) electrons. The molecule has 0 fully saturated rings. The number of nitrogens with one attached hydrogen (secondary N) is 2. The van der Waals surface area contributed by atoms with Gasteiger partial charge in [-0.25, -0.2) is 9.97 Å². The highest BCUT2D eigenvalue weighted by molar-refractivity contribution is 5.89. The number of ether oxygens (including phenoxy) is 1. The first-order valence-corrected chi connectivity index (χ1v) is 5.98. The monoisotopic (exact) mass is 260 g/mol. The Kier molecular flexibility index (Phi) is 4.12. The zero-order chi connectivity index (χ0) is 13.7. The third-order valence-corrected chi connectivity index (χ3v) is 2.64. The third kappa shape index (κ3) is 3.31. The summed E-state index contributed by atoms with van der Waals surface area (Å²) in [4.78, 5) is 19.2. The Morgan fingerprint density at radius 2 is 2.16 bits per heavy atom. The van der Waals surface area contributed by atoms with E-state index in [1.807, 2.05) is 18.2 Å². The highest BCUT2D eigenvalue weighted by atomic mass is 16.5. The number of benzene rings is 1. The summed E-state index contributed by atoms with van der Waals surface area (Å²) in [5.41, 5.74) is 0.816. The predicted molar refractivity (Wildman–Crippen MR) is 73.3 cm³/mol. The van der Waals surface area contributed by atoms with Gasteiger partial charge in [-0.1, -0.05) is 0 Å². The van der Waals surface area contributed by atoms with E-state index >= 15 is 0 Å². The number of aromatic nitrogens is 2. The van der Waals surface area contributed by atoms with Gasteiger partial charge in [0.15, 0.2) is 0 Å². The Morgan fingerprint density at radius 3 is 2.89 bits per heavy atom. The smallest absolute Gasteiger partial charge is 0.216 e. The molecule has 0 atom stereocenters. The largest absolute Gasteiger partial charge is 0.497 e. The second kappa shape index (κ2) is 5.99. The van der Waals surface area contributed by atoms with E-state index in [1.165, 1.54) is 13.3 Å². The lowest BCUT2D eigenvalue weighted by Gasteiger charge is -2.09. The van der Waals surface area contributed by atoms with E-state index in [4.69, 9.17) is 4.74 Å². The fourth-order valence-corrected chi connectivity index (χ4v) is 1.72. The molecule has 0 saturated carbocycles. The highest BCUT2D eigenvalue weighted by Gasteiger charge is 2.04. The summed E-state index contributed by atoms with van der Waals surface area (Å²) < 4.78 is 5.16. The van der Waals surface area contributed by atoms with Crippen molar-refractivity contribution in [2.45, 2.75) is 6.92 Å². The second-order valence-corrected chi connectivity index (χ2v) is 4.02. The Balaban J connectivity index is 2.12. The van der Waals surface area contributed by atoms with Crippen LogP contribution < -0.4 is 15.4 Å². The van der Waals surface area contributed by atoms with Gasteiger partial charge < -0.3 is 15.4 Å². The molecule has 1 amide bonds. The van der Waals surface area contributed by atoms with Gasteiger partial charge in [-0.3, -0.25) is 4.79 Å². The number of methoxy groups -OCH3 is 1. The molecule has 0 bridgehead atoms. The zero-order valence-electron chi connectivity index (χ0n) is 10.9. The molecule has 0 spiro atoms. The standard InChI is InChI=1S/C13H16N4O2/c1-9(18)14-5-6-15-13-11-4-3-10(19-2)7-12(11)16-8-17-13/h3-4,7-8H,5-6H2,1-2H3,(H,14,18)(H,15,16,17). The SMILES string of the molecule is COc1ccc2c(NCCNC(C)=O)ncnc2c1. The molecule has 0 aliphatic carbocycles. The molecule has 1 heterocycles. The van der Waals surface area contributed by atoms with Gasteiger partial charge in [0.05, 0.1) is 12.6 Å². The topological polar surface area (TPSA) is 76.1 Å². The maximum atomic E-state index is 10.8. The van der Waals surface area contributed by atoms with Crippen LogP contribution in [0.3, 0.4) is 0 Å². The Morgan fingerprint density at radius 1 is 1.32 bits per heavy atom. The number of nitrogens with zero attached hydrogens (tertiary/aromatic N) is 2. The van der Waals surface area contributed by atoms with Crippen LogP contribution in [0.1, 0.15) is 6.92 Å². The number of hydrogen-bond acceptors (Lipinski definition) is 5. The average molecular weight is 260 g/mol. The summed E-state index contributed by atoms with van der Waals surface area (Å²) in [6.45, 7) is 2.65. The van der Waals surface area contributed by atoms with Crippen molar-refractivity contribution in [3.8, 4) is 5.75 Å². The van der Waals surface area contributed by atoms with Crippen molar-refractivity contribution in [1.29, 1.82) is 0 Å². The maximum absolute atomic E-state index is 10.8. The molecule has 0 aliphatic rings. The summed E-state index contributed by atoms with van der Waals surface area (Å²) >= 11 is 0. The Hall–Kier alpha value is -2.37. The number of fused-ring (bicyclic) bond motifs is 1. The van der Waals surface area contributed by atoms with Crippen molar-refractivity contribution in [3.63, 3.8) is 0 Å². The molecule has 1 aromatic heterocycles. The van der Waals surface area contributed by atoms with Crippen LogP contribution >= 0.6 is 0 Å². The lowest BCUT2D eigenvalue weighted by Crippen LogP contribution is -2.26. The molecule has 0 unspecified atom stereocenters. The predicted octanol–water partition coefficient (Wildman–Crippen LogP) is 1.19. The van der Waals surface area contributed by atoms with Gasteiger partial charge in [-0.05, 0) is 12.1 Å². The van der Waals surface area contributed by atoms with E-state index in [2.05, 4.69) is 20.6 Å². The van der Waals surface area contributed by atoms with Crippen LogP contribution in [0, 0.1) is 0 Å². The van der Waals surface area contributed by atoms with Crippen molar-refractivity contribution in [3.05, 3.63) is 24.5 Å². The first-order valence-electron chi connectivity index (χ1n) is 5.98. The molecular formula is C13H16N4O2. The van der Waals surface area contributed by atoms with Crippen molar-refractivity contribution < 1.29 is 9.53 Å². The van der Waals surface area contributed by atoms with E-state index in [0.717, 1.165) is 22.5 Å². The number of hydrogen-bond donors (Lipinski definition) is 2. The van der Waals surface area contributed by atoms with E-state index in [9.17, 15) is 4.79 Å². The minimum atomic E-state index is -0.0425. The number of anilines is 1. The van der Waals surface area contributed by atoms with E-state index in [1.54, 1.807) is 7.11 Å². The minimum Gasteiger partial charge on any atom is -0.497 e. The second-order valence-electron chi connectivity index (χ2n) is 4.02. The molecule has 6 nitrogen and oxygen atoms in total. The fourth-order valence-electron chi connectivity index (χ4n) is 1.72. The summed E-state index contributed by atoms with van der Waals surface area (Å²) in [6.07, 6.45) is 1.50. The Labute approximate surface area is 111 Å². The Bertz CT molecular complexity index is 586. The minimum absolute atomic E-state index is 0.0425. The van der Waals surface area contributed by atoms with Crippen LogP contribution in [-0.2, 0) is 4.79 Å². The molecule has 2 rings (SSSR count). The number of amides is 1. The molecule has 0 saturated heterocycles. The van der Waals surface area contributed by atoms with Crippen LogP contribution in [0.2, 0.25) is 0 Å². The highest BCUT2D eigenvalue weighted by Crippen LogP contribution is 2.23. The maximum Gasteiger partial charge on any atom is 0.216 e. The quantitative estimate of drug-likeness (QED) is 0.790. The average Bonchev–Trinajstić information content (AvgIpc) is 2.42. The fraction of sp³-hybridized carbons (Fsp3) is 0.308.